The largest absolute Gasteiger partial charge is 0.322 e. The Morgan fingerprint density at radius 2 is 1.42 bits per heavy atom. The van der Waals surface area contributed by atoms with Crippen molar-refractivity contribution in [3.63, 3.8) is 0 Å². The van der Waals surface area contributed by atoms with Gasteiger partial charge in [0.1, 0.15) is 0 Å². The Morgan fingerprint density at radius 1 is 0.842 bits per heavy atom. The minimum Gasteiger partial charge on any atom is -0.322 e. The van der Waals surface area contributed by atoms with Gasteiger partial charge in [0.15, 0.2) is 0 Å². The van der Waals surface area contributed by atoms with Crippen LogP contribution in [0.1, 0.15) is 35.7 Å². The normalized spacial score (nSPS) is 15.3. The summed E-state index contributed by atoms with van der Waals surface area (Å²) in [5, 5.41) is 3.28. The van der Waals surface area contributed by atoms with E-state index in [0.717, 1.165) is 12.8 Å². The summed E-state index contributed by atoms with van der Waals surface area (Å²) in [6.07, 6.45) is 1.60. The maximum Gasteiger partial charge on any atom is 0.261 e. The van der Waals surface area contributed by atoms with Crippen LogP contribution < -0.4 is 10.0 Å². The quantitative estimate of drug-likeness (QED) is 0.359. The second kappa shape index (κ2) is 11.2. The Morgan fingerprint density at radius 3 is 2.03 bits per heavy atom. The summed E-state index contributed by atoms with van der Waals surface area (Å²) < 4.78 is 55.7. The maximum atomic E-state index is 13.2. The third-order valence-electron chi connectivity index (χ3n) is 6.37. The van der Waals surface area contributed by atoms with Crippen molar-refractivity contribution < 1.29 is 21.6 Å². The van der Waals surface area contributed by atoms with E-state index in [1.165, 1.54) is 58.9 Å². The van der Waals surface area contributed by atoms with Crippen LogP contribution in [0.2, 0.25) is 10.0 Å². The Hall–Kier alpha value is -2.63. The van der Waals surface area contributed by atoms with Gasteiger partial charge >= 0.3 is 0 Å². The number of amides is 1. The van der Waals surface area contributed by atoms with E-state index in [9.17, 15) is 21.6 Å². The molecule has 2 N–H and O–H groups in total. The van der Waals surface area contributed by atoms with Crippen molar-refractivity contribution in [2.45, 2.75) is 36.5 Å². The zero-order valence-corrected chi connectivity index (χ0v) is 23.9. The third kappa shape index (κ3) is 6.50. The first-order chi connectivity index (χ1) is 17.8. The van der Waals surface area contributed by atoms with E-state index in [2.05, 4.69) is 17.0 Å². The number of nitrogens with zero attached hydrogens (tertiary/aromatic N) is 1. The van der Waals surface area contributed by atoms with Gasteiger partial charge in [-0.1, -0.05) is 36.2 Å². The highest BCUT2D eigenvalue weighted by molar-refractivity contribution is 7.92. The fourth-order valence-corrected chi connectivity index (χ4v) is 7.19. The average Bonchev–Trinajstić information content (AvgIpc) is 2.84. The van der Waals surface area contributed by atoms with Crippen LogP contribution in [0.3, 0.4) is 0 Å². The van der Waals surface area contributed by atoms with E-state index in [4.69, 9.17) is 23.2 Å². The van der Waals surface area contributed by atoms with Gasteiger partial charge in [-0.3, -0.25) is 9.52 Å². The molecule has 0 bridgehead atoms. The number of aryl methyl sites for hydroxylation is 1. The number of halogens is 2. The predicted octanol–water partition coefficient (Wildman–Crippen LogP) is 5.78. The van der Waals surface area contributed by atoms with Crippen LogP contribution in [0.25, 0.3) is 0 Å². The number of carbonyl (C=O) groups is 1. The number of sulfonamides is 2. The lowest BCUT2D eigenvalue weighted by atomic mass is 10.0. The molecule has 0 spiro atoms. The highest BCUT2D eigenvalue weighted by atomic mass is 35.5. The van der Waals surface area contributed by atoms with Gasteiger partial charge in [-0.2, -0.15) is 4.31 Å². The van der Waals surface area contributed by atoms with Gasteiger partial charge in [-0.05, 0) is 85.8 Å². The average molecular weight is 597 g/mol. The summed E-state index contributed by atoms with van der Waals surface area (Å²) in [7, 11) is -7.66. The van der Waals surface area contributed by atoms with E-state index in [-0.39, 0.29) is 31.1 Å². The van der Waals surface area contributed by atoms with Gasteiger partial charge in [0.05, 0.1) is 15.5 Å². The molecule has 3 aromatic carbocycles. The Bertz CT molecular complexity index is 1550. The Kier molecular flexibility index (Phi) is 8.39. The molecule has 38 heavy (non-hydrogen) atoms. The number of rotatable bonds is 7. The first kappa shape index (κ1) is 28.4. The molecule has 0 atom stereocenters. The molecule has 1 fully saturated rings. The van der Waals surface area contributed by atoms with Crippen molar-refractivity contribution in [1.29, 1.82) is 0 Å². The second-order valence-electron chi connectivity index (χ2n) is 9.31. The van der Waals surface area contributed by atoms with E-state index < -0.39 is 26.0 Å². The SMILES string of the molecule is Cc1ccc(S(=O)(=O)N2CCC(C)CC2)cc1C(=O)Nc1ccc(S(=O)(=O)Nc2cc(Cl)cc(Cl)c2)cc1. The molecule has 1 aliphatic heterocycles. The van der Waals surface area contributed by atoms with Crippen molar-refractivity contribution in [2.24, 2.45) is 5.92 Å². The van der Waals surface area contributed by atoms with Crippen molar-refractivity contribution in [3.05, 3.63) is 81.8 Å². The van der Waals surface area contributed by atoms with Crippen LogP contribution in [0, 0.1) is 12.8 Å². The van der Waals surface area contributed by atoms with Gasteiger partial charge in [0.2, 0.25) is 10.0 Å². The van der Waals surface area contributed by atoms with E-state index in [0.29, 0.717) is 30.3 Å². The number of hydrogen-bond acceptors (Lipinski definition) is 5. The van der Waals surface area contributed by atoms with E-state index in [1.54, 1.807) is 13.0 Å². The molecule has 0 unspecified atom stereocenters. The molecule has 1 aliphatic rings. The lowest BCUT2D eigenvalue weighted by Gasteiger charge is -2.29. The molecular weight excluding hydrogens is 569 g/mol. The first-order valence-corrected chi connectivity index (χ1v) is 15.5. The molecule has 0 aliphatic carbocycles. The van der Waals surface area contributed by atoms with Crippen LogP contribution in [0.5, 0.6) is 0 Å². The molecule has 0 aromatic heterocycles. The van der Waals surface area contributed by atoms with E-state index >= 15 is 0 Å². The van der Waals surface area contributed by atoms with Crippen LogP contribution in [-0.4, -0.2) is 40.1 Å². The third-order valence-corrected chi connectivity index (χ3v) is 10.1. The topological polar surface area (TPSA) is 113 Å². The zero-order valence-electron chi connectivity index (χ0n) is 20.7. The van der Waals surface area contributed by atoms with Gasteiger partial charge < -0.3 is 5.32 Å². The molecular formula is C26H27Cl2N3O5S2. The van der Waals surface area contributed by atoms with Crippen molar-refractivity contribution in [3.8, 4) is 0 Å². The summed E-state index contributed by atoms with van der Waals surface area (Å²) in [5.41, 5.74) is 1.38. The summed E-state index contributed by atoms with van der Waals surface area (Å²) in [4.78, 5) is 13.1. The van der Waals surface area contributed by atoms with Crippen LogP contribution >= 0.6 is 23.2 Å². The number of hydrogen-bond donors (Lipinski definition) is 2. The molecule has 0 saturated carbocycles. The Labute approximate surface area is 233 Å². The molecule has 1 amide bonds. The highest BCUT2D eigenvalue weighted by Gasteiger charge is 2.29. The smallest absolute Gasteiger partial charge is 0.261 e. The minimum absolute atomic E-state index is 0.0354. The fourth-order valence-electron chi connectivity index (χ4n) is 4.12. The van der Waals surface area contributed by atoms with Crippen molar-refractivity contribution >= 4 is 60.5 Å². The Balaban J connectivity index is 1.49. The summed E-state index contributed by atoms with van der Waals surface area (Å²) in [6, 6.07) is 14.4. The minimum atomic E-state index is -3.94. The number of piperidine rings is 1. The fraction of sp³-hybridized carbons (Fsp3) is 0.269. The van der Waals surface area contributed by atoms with E-state index in [1.807, 2.05) is 0 Å². The predicted molar refractivity (Wildman–Crippen MR) is 150 cm³/mol. The molecule has 1 heterocycles. The lowest BCUT2D eigenvalue weighted by molar-refractivity contribution is 0.102. The van der Waals surface area contributed by atoms with Crippen molar-refractivity contribution in [1.82, 2.24) is 4.31 Å². The molecule has 8 nitrogen and oxygen atoms in total. The van der Waals surface area contributed by atoms with Gasteiger partial charge in [-0.25, -0.2) is 16.8 Å². The monoisotopic (exact) mass is 595 g/mol. The summed E-state index contributed by atoms with van der Waals surface area (Å²) in [5.74, 6) is -0.0255. The molecule has 1 saturated heterocycles. The van der Waals surface area contributed by atoms with Crippen LogP contribution in [-0.2, 0) is 20.0 Å². The highest BCUT2D eigenvalue weighted by Crippen LogP contribution is 2.27. The molecule has 3 aromatic rings. The second-order valence-corrected chi connectivity index (χ2v) is 13.8. The number of nitrogens with one attached hydrogen (secondary N) is 2. The number of benzene rings is 3. The molecule has 202 valence electrons. The lowest BCUT2D eigenvalue weighted by Crippen LogP contribution is -2.38. The zero-order chi connectivity index (χ0) is 27.7. The maximum absolute atomic E-state index is 13.2. The standard InChI is InChI=1S/C26H27Cl2N3O5S2/c1-17-9-11-31(12-10-17)38(35,36)24-6-3-18(2)25(16-24)26(32)29-21-4-7-23(8-5-21)37(33,34)30-22-14-19(27)13-20(28)15-22/h3-8,13-17,30H,9-12H2,1-2H3,(H,29,32). The first-order valence-electron chi connectivity index (χ1n) is 11.9. The summed E-state index contributed by atoms with van der Waals surface area (Å²) in [6.45, 7) is 4.73. The van der Waals surface area contributed by atoms with Gasteiger partial charge in [-0.15, -0.1) is 0 Å². The van der Waals surface area contributed by atoms with Crippen molar-refractivity contribution in [2.75, 3.05) is 23.1 Å². The van der Waals surface area contributed by atoms with Gasteiger partial charge in [0.25, 0.3) is 15.9 Å². The summed E-state index contributed by atoms with van der Waals surface area (Å²) >= 11 is 11.9. The van der Waals surface area contributed by atoms with Gasteiger partial charge in [0, 0.05) is 34.4 Å². The van der Waals surface area contributed by atoms with Crippen LogP contribution in [0.15, 0.2) is 70.5 Å². The molecule has 12 heteroatoms. The number of anilines is 2. The number of carbonyl (C=O) groups excluding carboxylic acids is 1. The molecule has 4 rings (SSSR count). The molecule has 0 radical (unpaired) electrons. The van der Waals surface area contributed by atoms with Crippen LogP contribution in [0.4, 0.5) is 11.4 Å².